The van der Waals surface area contributed by atoms with Crippen molar-refractivity contribution in [1.82, 2.24) is 0 Å². The molecular formula is C28H26O. The summed E-state index contributed by atoms with van der Waals surface area (Å²) < 4.78 is 6.55. The quantitative estimate of drug-likeness (QED) is 0.331. The molecule has 4 aromatic rings. The van der Waals surface area contributed by atoms with E-state index < -0.39 is 0 Å². The van der Waals surface area contributed by atoms with Crippen LogP contribution in [0.2, 0.25) is 0 Å². The van der Waals surface area contributed by atoms with E-state index in [1.165, 1.54) is 22.3 Å². The number of aryl methyl sites for hydroxylation is 2. The summed E-state index contributed by atoms with van der Waals surface area (Å²) in [5, 5.41) is 0. The second-order valence-electron chi connectivity index (χ2n) is 7.12. The lowest BCUT2D eigenvalue weighted by atomic mass is 9.96. The van der Waals surface area contributed by atoms with Crippen LogP contribution in [-0.4, -0.2) is 0 Å². The highest BCUT2D eigenvalue weighted by atomic mass is 16.5. The van der Waals surface area contributed by atoms with Gasteiger partial charge in [-0.15, -0.1) is 0 Å². The van der Waals surface area contributed by atoms with Crippen molar-refractivity contribution in [3.8, 4) is 33.8 Å². The summed E-state index contributed by atoms with van der Waals surface area (Å²) in [6, 6.07) is 33.8. The lowest BCUT2D eigenvalue weighted by molar-refractivity contribution is 0.486. The van der Waals surface area contributed by atoms with Crippen LogP contribution in [0.5, 0.6) is 11.5 Å². The molecule has 0 aliphatic rings. The normalized spacial score (nSPS) is 10.7. The molecule has 0 saturated heterocycles. The first kappa shape index (κ1) is 19.0. The van der Waals surface area contributed by atoms with Gasteiger partial charge >= 0.3 is 0 Å². The molecule has 29 heavy (non-hydrogen) atoms. The molecule has 0 radical (unpaired) electrons. The molecule has 1 nitrogen and oxygen atoms in total. The Morgan fingerprint density at radius 3 is 1.21 bits per heavy atom. The number of hydrogen-bond acceptors (Lipinski definition) is 1. The van der Waals surface area contributed by atoms with E-state index in [9.17, 15) is 0 Å². The van der Waals surface area contributed by atoms with Gasteiger partial charge in [0.15, 0.2) is 0 Å². The second-order valence-corrected chi connectivity index (χ2v) is 7.12. The molecule has 0 bridgehead atoms. The van der Waals surface area contributed by atoms with Crippen LogP contribution in [0, 0.1) is 0 Å². The lowest BCUT2D eigenvalue weighted by Crippen LogP contribution is -1.94. The first-order chi connectivity index (χ1) is 14.3. The maximum Gasteiger partial charge on any atom is 0.135 e. The smallest absolute Gasteiger partial charge is 0.135 e. The van der Waals surface area contributed by atoms with Gasteiger partial charge in [-0.3, -0.25) is 0 Å². The molecule has 0 amide bonds. The average Bonchev–Trinajstić information content (AvgIpc) is 2.80. The first-order valence-corrected chi connectivity index (χ1v) is 10.3. The van der Waals surface area contributed by atoms with Crippen LogP contribution in [0.1, 0.15) is 25.0 Å². The minimum Gasteiger partial charge on any atom is -0.456 e. The standard InChI is InChI=1S/C28H26O/c1-3-21-13-5-7-15-23(21)25-17-9-11-19-27(25)29-28-20-12-10-18-26(28)24-16-8-6-14-22(24)4-2/h5-20H,3-4H2,1-2H3. The highest BCUT2D eigenvalue weighted by molar-refractivity contribution is 5.77. The second kappa shape index (κ2) is 8.79. The summed E-state index contributed by atoms with van der Waals surface area (Å²) in [5.41, 5.74) is 7.38. The number of benzene rings is 4. The highest BCUT2D eigenvalue weighted by Gasteiger charge is 2.14. The van der Waals surface area contributed by atoms with Gasteiger partial charge in [-0.1, -0.05) is 98.8 Å². The van der Waals surface area contributed by atoms with Crippen molar-refractivity contribution < 1.29 is 4.74 Å². The predicted molar refractivity (Wildman–Crippen MR) is 123 cm³/mol. The van der Waals surface area contributed by atoms with Gasteiger partial charge in [0.2, 0.25) is 0 Å². The van der Waals surface area contributed by atoms with Gasteiger partial charge in [-0.2, -0.15) is 0 Å². The fourth-order valence-corrected chi connectivity index (χ4v) is 3.86. The predicted octanol–water partition coefficient (Wildman–Crippen LogP) is 7.94. The first-order valence-electron chi connectivity index (χ1n) is 10.3. The van der Waals surface area contributed by atoms with E-state index in [1.54, 1.807) is 0 Å². The van der Waals surface area contributed by atoms with E-state index in [1.807, 2.05) is 12.1 Å². The molecule has 0 spiro atoms. The van der Waals surface area contributed by atoms with Crippen LogP contribution in [0.25, 0.3) is 22.3 Å². The van der Waals surface area contributed by atoms with Crippen molar-refractivity contribution in [2.24, 2.45) is 0 Å². The molecule has 0 fully saturated rings. The summed E-state index contributed by atoms with van der Waals surface area (Å²) in [7, 11) is 0. The van der Waals surface area contributed by atoms with Crippen LogP contribution >= 0.6 is 0 Å². The van der Waals surface area contributed by atoms with Crippen molar-refractivity contribution in [2.75, 3.05) is 0 Å². The Bertz CT molecular complexity index is 1020. The molecule has 144 valence electrons. The molecular weight excluding hydrogens is 352 g/mol. The highest BCUT2D eigenvalue weighted by Crippen LogP contribution is 2.39. The molecule has 0 aliphatic carbocycles. The molecule has 0 aromatic heterocycles. The molecule has 4 aromatic carbocycles. The Morgan fingerprint density at radius 2 is 0.793 bits per heavy atom. The molecule has 4 rings (SSSR count). The average molecular weight is 379 g/mol. The molecule has 1 heteroatoms. The van der Waals surface area contributed by atoms with E-state index in [0.29, 0.717) is 0 Å². The van der Waals surface area contributed by atoms with E-state index in [-0.39, 0.29) is 0 Å². The fraction of sp³-hybridized carbons (Fsp3) is 0.143. The van der Waals surface area contributed by atoms with E-state index >= 15 is 0 Å². The van der Waals surface area contributed by atoms with Gasteiger partial charge < -0.3 is 4.74 Å². The van der Waals surface area contributed by atoms with E-state index in [4.69, 9.17) is 4.74 Å². The third kappa shape index (κ3) is 3.95. The number of rotatable bonds is 6. The third-order valence-electron chi connectivity index (χ3n) is 5.37. The Kier molecular flexibility index (Phi) is 5.76. The summed E-state index contributed by atoms with van der Waals surface area (Å²) in [6.45, 7) is 4.39. The van der Waals surface area contributed by atoms with Crippen LogP contribution in [-0.2, 0) is 12.8 Å². The molecule has 0 aliphatic heterocycles. The Hall–Kier alpha value is -3.32. The summed E-state index contributed by atoms with van der Waals surface area (Å²) in [6.07, 6.45) is 1.98. The van der Waals surface area contributed by atoms with Crippen LogP contribution < -0.4 is 4.74 Å². The fourth-order valence-electron chi connectivity index (χ4n) is 3.86. The number of para-hydroxylation sites is 2. The van der Waals surface area contributed by atoms with Gasteiger partial charge in [0.25, 0.3) is 0 Å². The van der Waals surface area contributed by atoms with Crippen molar-refractivity contribution in [3.05, 3.63) is 108 Å². The minimum atomic E-state index is 0.884. The zero-order valence-electron chi connectivity index (χ0n) is 17.1. The Morgan fingerprint density at radius 1 is 0.448 bits per heavy atom. The molecule has 0 saturated carbocycles. The molecule has 0 atom stereocenters. The topological polar surface area (TPSA) is 9.23 Å². The number of ether oxygens (including phenoxy) is 1. The number of hydrogen-bond donors (Lipinski definition) is 0. The van der Waals surface area contributed by atoms with Crippen molar-refractivity contribution in [1.29, 1.82) is 0 Å². The third-order valence-corrected chi connectivity index (χ3v) is 5.37. The van der Waals surface area contributed by atoms with Crippen molar-refractivity contribution in [2.45, 2.75) is 26.7 Å². The summed E-state index contributed by atoms with van der Waals surface area (Å²) in [5.74, 6) is 1.77. The van der Waals surface area contributed by atoms with Gasteiger partial charge in [0, 0.05) is 11.1 Å². The van der Waals surface area contributed by atoms with E-state index in [2.05, 4.69) is 98.8 Å². The van der Waals surface area contributed by atoms with Crippen molar-refractivity contribution in [3.63, 3.8) is 0 Å². The van der Waals surface area contributed by atoms with Crippen LogP contribution in [0.3, 0.4) is 0 Å². The van der Waals surface area contributed by atoms with Gasteiger partial charge in [0.1, 0.15) is 11.5 Å². The summed E-state index contributed by atoms with van der Waals surface area (Å²) >= 11 is 0. The van der Waals surface area contributed by atoms with Crippen LogP contribution in [0.4, 0.5) is 0 Å². The van der Waals surface area contributed by atoms with E-state index in [0.717, 1.165) is 35.5 Å². The van der Waals surface area contributed by atoms with Crippen LogP contribution in [0.15, 0.2) is 97.1 Å². The Balaban J connectivity index is 1.80. The SMILES string of the molecule is CCc1ccccc1-c1ccccc1Oc1ccccc1-c1ccccc1CC. The minimum absolute atomic E-state index is 0.884. The maximum atomic E-state index is 6.55. The maximum absolute atomic E-state index is 6.55. The Labute approximate surface area is 173 Å². The zero-order valence-corrected chi connectivity index (χ0v) is 17.1. The zero-order chi connectivity index (χ0) is 20.1. The lowest BCUT2D eigenvalue weighted by Gasteiger charge is -2.17. The van der Waals surface area contributed by atoms with Gasteiger partial charge in [0.05, 0.1) is 0 Å². The summed E-state index contributed by atoms with van der Waals surface area (Å²) in [4.78, 5) is 0. The molecule has 0 unspecified atom stereocenters. The molecule has 0 heterocycles. The largest absolute Gasteiger partial charge is 0.456 e. The molecule has 0 N–H and O–H groups in total. The van der Waals surface area contributed by atoms with Gasteiger partial charge in [-0.05, 0) is 47.2 Å². The van der Waals surface area contributed by atoms with Crippen molar-refractivity contribution >= 4 is 0 Å². The van der Waals surface area contributed by atoms with Gasteiger partial charge in [-0.25, -0.2) is 0 Å². The monoisotopic (exact) mass is 378 g/mol.